The third-order valence-corrected chi connectivity index (χ3v) is 4.21. The molecule has 0 saturated carbocycles. The summed E-state index contributed by atoms with van der Waals surface area (Å²) in [7, 11) is 0. The lowest BCUT2D eigenvalue weighted by molar-refractivity contribution is 0.159. The van der Waals surface area contributed by atoms with Gasteiger partial charge in [0.15, 0.2) is 11.6 Å². The Hall–Kier alpha value is -3.42. The van der Waals surface area contributed by atoms with Gasteiger partial charge in [0.25, 0.3) is 0 Å². The number of carbonyl (C=O) groups excluding carboxylic acids is 1. The largest absolute Gasteiger partial charge is 0.448 e. The van der Waals surface area contributed by atoms with Crippen LogP contribution in [0.5, 0.6) is 0 Å². The average molecular weight is 350 g/mol. The van der Waals surface area contributed by atoms with Gasteiger partial charge in [-0.05, 0) is 12.1 Å². The molecule has 26 heavy (non-hydrogen) atoms. The highest BCUT2D eigenvalue weighted by Crippen LogP contribution is 2.23. The minimum absolute atomic E-state index is 0.290. The normalized spacial score (nSPS) is 13.8. The summed E-state index contributed by atoms with van der Waals surface area (Å²) in [4.78, 5) is 26.3. The molecule has 1 saturated heterocycles. The van der Waals surface area contributed by atoms with E-state index in [1.54, 1.807) is 17.3 Å². The standard InChI is InChI=1S/C18H18N6O2/c19-16-17(20-5-6-24-7-8-26-18(24)25)23-15(11-22-16)13-9-12-3-1-2-4-14(12)21-10-13/h1-4,9-11H,5-8H2,(H2,19,22)(H,20,23). The number of nitrogens with one attached hydrogen (secondary N) is 1. The molecule has 3 N–H and O–H groups in total. The first-order valence-electron chi connectivity index (χ1n) is 8.34. The number of nitrogen functional groups attached to an aromatic ring is 1. The molecule has 1 aliphatic rings. The monoisotopic (exact) mass is 350 g/mol. The third kappa shape index (κ3) is 3.21. The highest BCUT2D eigenvalue weighted by Gasteiger charge is 2.21. The summed E-state index contributed by atoms with van der Waals surface area (Å²) < 4.78 is 4.90. The molecule has 3 heterocycles. The average Bonchev–Trinajstić information content (AvgIpc) is 3.08. The summed E-state index contributed by atoms with van der Waals surface area (Å²) >= 11 is 0. The second-order valence-corrected chi connectivity index (χ2v) is 5.93. The number of anilines is 2. The molecule has 0 atom stereocenters. The summed E-state index contributed by atoms with van der Waals surface area (Å²) in [5, 5.41) is 4.17. The lowest BCUT2D eigenvalue weighted by Crippen LogP contribution is -2.30. The van der Waals surface area contributed by atoms with Gasteiger partial charge in [0.2, 0.25) is 0 Å². The number of aromatic nitrogens is 3. The molecule has 0 aliphatic carbocycles. The maximum absolute atomic E-state index is 11.4. The topological polar surface area (TPSA) is 106 Å². The molecule has 0 unspecified atom stereocenters. The molecule has 132 valence electrons. The SMILES string of the molecule is Nc1ncc(-c2cnc3ccccc3c2)nc1NCCN1CCOC1=O. The van der Waals surface area contributed by atoms with Gasteiger partial charge >= 0.3 is 6.09 Å². The molecule has 4 rings (SSSR count). The van der Waals surface area contributed by atoms with Crippen LogP contribution in [-0.2, 0) is 4.74 Å². The number of ether oxygens (including phenoxy) is 1. The van der Waals surface area contributed by atoms with Gasteiger partial charge in [-0.25, -0.2) is 14.8 Å². The second kappa shape index (κ2) is 6.83. The van der Waals surface area contributed by atoms with Crippen LogP contribution in [0.3, 0.4) is 0 Å². The fourth-order valence-corrected chi connectivity index (χ4v) is 2.82. The van der Waals surface area contributed by atoms with Gasteiger partial charge in [-0.3, -0.25) is 4.98 Å². The van der Waals surface area contributed by atoms with Gasteiger partial charge in [-0.2, -0.15) is 0 Å². The van der Waals surface area contributed by atoms with E-state index >= 15 is 0 Å². The van der Waals surface area contributed by atoms with Crippen molar-refractivity contribution in [3.8, 4) is 11.3 Å². The Morgan fingerprint density at radius 3 is 2.96 bits per heavy atom. The maximum atomic E-state index is 11.4. The number of hydrogen-bond acceptors (Lipinski definition) is 7. The molecular weight excluding hydrogens is 332 g/mol. The van der Waals surface area contributed by atoms with Crippen molar-refractivity contribution >= 4 is 28.6 Å². The minimum atomic E-state index is -0.290. The van der Waals surface area contributed by atoms with E-state index in [2.05, 4.69) is 20.3 Å². The fraction of sp³-hybridized carbons (Fsp3) is 0.222. The Morgan fingerprint density at radius 1 is 1.23 bits per heavy atom. The fourth-order valence-electron chi connectivity index (χ4n) is 2.82. The quantitative estimate of drug-likeness (QED) is 0.726. The summed E-state index contributed by atoms with van der Waals surface area (Å²) in [5.74, 6) is 0.801. The van der Waals surface area contributed by atoms with Gasteiger partial charge in [0.05, 0.1) is 24.0 Å². The smallest absolute Gasteiger partial charge is 0.409 e. The van der Waals surface area contributed by atoms with Crippen LogP contribution in [0.2, 0.25) is 0 Å². The van der Waals surface area contributed by atoms with Gasteiger partial charge < -0.3 is 20.7 Å². The van der Waals surface area contributed by atoms with Crippen LogP contribution in [0.15, 0.2) is 42.7 Å². The predicted octanol–water partition coefficient (Wildman–Crippen LogP) is 2.14. The van der Waals surface area contributed by atoms with Crippen molar-refractivity contribution in [2.45, 2.75) is 0 Å². The van der Waals surface area contributed by atoms with Gasteiger partial charge in [-0.1, -0.05) is 18.2 Å². The number of carbonyl (C=O) groups is 1. The van der Waals surface area contributed by atoms with E-state index in [1.807, 2.05) is 30.3 Å². The number of amides is 1. The highest BCUT2D eigenvalue weighted by atomic mass is 16.6. The summed E-state index contributed by atoms with van der Waals surface area (Å²) in [6.07, 6.45) is 3.11. The van der Waals surface area contributed by atoms with Gasteiger partial charge in [-0.15, -0.1) is 0 Å². The number of benzene rings is 1. The molecule has 1 aromatic carbocycles. The molecule has 1 fully saturated rings. The molecule has 8 heteroatoms. The lowest BCUT2D eigenvalue weighted by atomic mass is 10.1. The van der Waals surface area contributed by atoms with Crippen LogP contribution in [0.25, 0.3) is 22.2 Å². The van der Waals surface area contributed by atoms with Crippen molar-refractivity contribution < 1.29 is 9.53 Å². The van der Waals surface area contributed by atoms with E-state index in [1.165, 1.54) is 0 Å². The summed E-state index contributed by atoms with van der Waals surface area (Å²) in [6, 6.07) is 9.91. The summed E-state index contributed by atoms with van der Waals surface area (Å²) in [6.45, 7) is 2.06. The first-order valence-corrected chi connectivity index (χ1v) is 8.34. The van der Waals surface area contributed by atoms with Crippen molar-refractivity contribution in [3.05, 3.63) is 42.7 Å². The Balaban J connectivity index is 1.52. The van der Waals surface area contributed by atoms with Crippen molar-refractivity contribution in [1.29, 1.82) is 0 Å². The zero-order chi connectivity index (χ0) is 17.9. The highest BCUT2D eigenvalue weighted by molar-refractivity contribution is 5.83. The number of cyclic esters (lactones) is 1. The first-order chi connectivity index (χ1) is 12.7. The number of para-hydroxylation sites is 1. The number of fused-ring (bicyclic) bond motifs is 1. The number of nitrogens with zero attached hydrogens (tertiary/aromatic N) is 4. The van der Waals surface area contributed by atoms with E-state index in [9.17, 15) is 4.79 Å². The minimum Gasteiger partial charge on any atom is -0.448 e. The third-order valence-electron chi connectivity index (χ3n) is 4.21. The molecule has 8 nitrogen and oxygen atoms in total. The van der Waals surface area contributed by atoms with E-state index in [4.69, 9.17) is 10.5 Å². The zero-order valence-corrected chi connectivity index (χ0v) is 14.1. The molecule has 0 spiro atoms. The number of pyridine rings is 1. The van der Waals surface area contributed by atoms with E-state index in [0.29, 0.717) is 43.6 Å². The molecule has 1 amide bonds. The van der Waals surface area contributed by atoms with Crippen molar-refractivity contribution in [2.24, 2.45) is 0 Å². The van der Waals surface area contributed by atoms with E-state index in [-0.39, 0.29) is 6.09 Å². The van der Waals surface area contributed by atoms with Crippen LogP contribution in [0.1, 0.15) is 0 Å². The Labute approximate surface area is 150 Å². The Morgan fingerprint density at radius 2 is 2.12 bits per heavy atom. The predicted molar refractivity (Wildman–Crippen MR) is 98.6 cm³/mol. The molecule has 2 aromatic heterocycles. The van der Waals surface area contributed by atoms with Gasteiger partial charge in [0.1, 0.15) is 6.61 Å². The molecule has 0 bridgehead atoms. The van der Waals surface area contributed by atoms with Crippen molar-refractivity contribution in [3.63, 3.8) is 0 Å². The Kier molecular flexibility index (Phi) is 4.22. The van der Waals surface area contributed by atoms with Crippen LogP contribution < -0.4 is 11.1 Å². The van der Waals surface area contributed by atoms with Crippen molar-refractivity contribution in [1.82, 2.24) is 19.9 Å². The lowest BCUT2D eigenvalue weighted by Gasteiger charge is -2.14. The van der Waals surface area contributed by atoms with E-state index in [0.717, 1.165) is 16.5 Å². The molecule has 1 aliphatic heterocycles. The molecular formula is C18H18N6O2. The second-order valence-electron chi connectivity index (χ2n) is 5.93. The number of nitrogens with two attached hydrogens (primary N) is 1. The van der Waals surface area contributed by atoms with Crippen molar-refractivity contribution in [2.75, 3.05) is 37.3 Å². The zero-order valence-electron chi connectivity index (χ0n) is 14.1. The van der Waals surface area contributed by atoms with Crippen LogP contribution in [0, 0.1) is 0 Å². The molecule has 3 aromatic rings. The van der Waals surface area contributed by atoms with Gasteiger partial charge in [0, 0.05) is 30.2 Å². The van der Waals surface area contributed by atoms with E-state index < -0.39 is 0 Å². The number of rotatable bonds is 5. The van der Waals surface area contributed by atoms with Crippen LogP contribution in [0.4, 0.5) is 16.4 Å². The van der Waals surface area contributed by atoms with Crippen LogP contribution >= 0.6 is 0 Å². The maximum Gasteiger partial charge on any atom is 0.409 e. The number of hydrogen-bond donors (Lipinski definition) is 2. The Bertz CT molecular complexity index is 961. The first kappa shape index (κ1) is 16.1. The van der Waals surface area contributed by atoms with Crippen LogP contribution in [-0.4, -0.2) is 52.2 Å². The summed E-state index contributed by atoms with van der Waals surface area (Å²) in [5.41, 5.74) is 8.39. The molecule has 0 radical (unpaired) electrons.